The van der Waals surface area contributed by atoms with Gasteiger partial charge in [0.2, 0.25) is 0 Å². The van der Waals surface area contributed by atoms with Crippen molar-refractivity contribution in [2.45, 2.75) is 136 Å². The fraction of sp³-hybridized carbons (Fsp3) is 0.706. The summed E-state index contributed by atoms with van der Waals surface area (Å²) in [5, 5.41) is 0. The van der Waals surface area contributed by atoms with Gasteiger partial charge in [0.15, 0.2) is 0 Å². The normalized spacial score (nSPS) is 17.7. The van der Waals surface area contributed by atoms with Gasteiger partial charge in [-0.3, -0.25) is 0 Å². The summed E-state index contributed by atoms with van der Waals surface area (Å²) in [4.78, 5) is 9.39. The van der Waals surface area contributed by atoms with Gasteiger partial charge in [-0.25, -0.2) is 9.97 Å². The average molecular weight is 507 g/mol. The third kappa shape index (κ3) is 12.0. The summed E-state index contributed by atoms with van der Waals surface area (Å²) in [6.07, 6.45) is 29.7. The zero-order valence-corrected chi connectivity index (χ0v) is 24.1. The SMILES string of the molecule is CCCCCCCCCOc1ccc(-c2cnc(CCC3CCC(CCCCCCC)CC3)nc2)cc1. The molecule has 3 nitrogen and oxygen atoms in total. The Bertz CT molecular complexity index is 809. The Labute approximate surface area is 228 Å². The van der Waals surface area contributed by atoms with Crippen LogP contribution in [0.4, 0.5) is 0 Å². The molecule has 0 atom stereocenters. The highest BCUT2D eigenvalue weighted by atomic mass is 16.5. The zero-order valence-electron chi connectivity index (χ0n) is 24.1. The Morgan fingerprint density at radius 3 is 1.78 bits per heavy atom. The van der Waals surface area contributed by atoms with E-state index in [1.807, 2.05) is 12.4 Å². The van der Waals surface area contributed by atoms with Crippen LogP contribution in [0.2, 0.25) is 0 Å². The van der Waals surface area contributed by atoms with Crippen LogP contribution in [0.5, 0.6) is 5.75 Å². The van der Waals surface area contributed by atoms with Gasteiger partial charge in [0.25, 0.3) is 0 Å². The first kappa shape index (κ1) is 29.7. The summed E-state index contributed by atoms with van der Waals surface area (Å²) in [5.41, 5.74) is 2.24. The highest BCUT2D eigenvalue weighted by Gasteiger charge is 2.21. The molecule has 0 aliphatic heterocycles. The van der Waals surface area contributed by atoms with Crippen molar-refractivity contribution in [3.05, 3.63) is 42.5 Å². The smallest absolute Gasteiger partial charge is 0.128 e. The fourth-order valence-corrected chi connectivity index (χ4v) is 5.80. The lowest BCUT2D eigenvalue weighted by Crippen LogP contribution is -2.15. The number of hydrogen-bond acceptors (Lipinski definition) is 3. The highest BCUT2D eigenvalue weighted by molar-refractivity contribution is 5.62. The summed E-state index contributed by atoms with van der Waals surface area (Å²) in [7, 11) is 0. The van der Waals surface area contributed by atoms with Crippen LogP contribution in [-0.4, -0.2) is 16.6 Å². The molecule has 0 N–H and O–H groups in total. The third-order valence-electron chi connectivity index (χ3n) is 8.37. The molecule has 1 saturated carbocycles. The molecule has 0 amide bonds. The van der Waals surface area contributed by atoms with E-state index in [0.29, 0.717) is 0 Å². The topological polar surface area (TPSA) is 35.0 Å². The molecule has 0 bridgehead atoms. The molecule has 37 heavy (non-hydrogen) atoms. The van der Waals surface area contributed by atoms with Crippen LogP contribution in [0.1, 0.15) is 135 Å². The quantitative estimate of drug-likeness (QED) is 0.178. The summed E-state index contributed by atoms with van der Waals surface area (Å²) < 4.78 is 5.94. The second kappa shape index (κ2) is 18.4. The van der Waals surface area contributed by atoms with E-state index in [1.165, 1.54) is 109 Å². The maximum atomic E-state index is 5.94. The molecule has 0 spiro atoms. The number of rotatable bonds is 19. The first-order valence-corrected chi connectivity index (χ1v) is 15.8. The van der Waals surface area contributed by atoms with Gasteiger partial charge in [-0.1, -0.05) is 129 Å². The number of aryl methyl sites for hydroxylation is 1. The van der Waals surface area contributed by atoms with Gasteiger partial charge in [-0.2, -0.15) is 0 Å². The maximum absolute atomic E-state index is 5.94. The predicted octanol–water partition coefficient (Wildman–Crippen LogP) is 10.4. The van der Waals surface area contributed by atoms with E-state index in [1.54, 1.807) is 0 Å². The van der Waals surface area contributed by atoms with Gasteiger partial charge in [-0.15, -0.1) is 0 Å². The number of aromatic nitrogens is 2. The van der Waals surface area contributed by atoms with E-state index >= 15 is 0 Å². The standard InChI is InChI=1S/C34H54N2O/c1-3-5-7-9-10-12-14-26-37-33-23-21-31(22-24-33)32-27-35-34(36-28-32)25-20-30-18-16-29(17-19-30)15-13-11-8-6-4-2/h21-24,27-30H,3-20,25-26H2,1-2H3. The summed E-state index contributed by atoms with van der Waals surface area (Å²) in [6.45, 7) is 5.38. The van der Waals surface area contributed by atoms with Gasteiger partial charge in [0, 0.05) is 24.4 Å². The maximum Gasteiger partial charge on any atom is 0.128 e. The molecule has 1 aromatic heterocycles. The summed E-state index contributed by atoms with van der Waals surface area (Å²) in [5.74, 6) is 3.81. The molecule has 1 aliphatic rings. The van der Waals surface area contributed by atoms with E-state index in [9.17, 15) is 0 Å². The van der Waals surface area contributed by atoms with Gasteiger partial charge >= 0.3 is 0 Å². The molecule has 3 heteroatoms. The lowest BCUT2D eigenvalue weighted by Gasteiger charge is -2.28. The van der Waals surface area contributed by atoms with Crippen molar-refractivity contribution in [2.24, 2.45) is 11.8 Å². The fourth-order valence-electron chi connectivity index (χ4n) is 5.80. The molecule has 1 aromatic carbocycles. The number of ether oxygens (including phenoxy) is 1. The van der Waals surface area contributed by atoms with Crippen LogP contribution in [-0.2, 0) is 6.42 Å². The number of benzene rings is 1. The minimum Gasteiger partial charge on any atom is -0.494 e. The molecular formula is C34H54N2O. The molecular weight excluding hydrogens is 452 g/mol. The number of nitrogens with zero attached hydrogens (tertiary/aromatic N) is 2. The Morgan fingerprint density at radius 1 is 0.622 bits per heavy atom. The first-order valence-electron chi connectivity index (χ1n) is 15.8. The predicted molar refractivity (Wildman–Crippen MR) is 158 cm³/mol. The molecule has 0 unspecified atom stereocenters. The third-order valence-corrected chi connectivity index (χ3v) is 8.37. The highest BCUT2D eigenvalue weighted by Crippen LogP contribution is 2.34. The average Bonchev–Trinajstić information content (AvgIpc) is 2.94. The molecule has 2 aromatic rings. The molecule has 1 heterocycles. The van der Waals surface area contributed by atoms with E-state index in [2.05, 4.69) is 38.1 Å². The van der Waals surface area contributed by atoms with Gasteiger partial charge in [0.05, 0.1) is 6.61 Å². The summed E-state index contributed by atoms with van der Waals surface area (Å²) in [6, 6.07) is 8.40. The Kier molecular flexibility index (Phi) is 14.7. The van der Waals surface area contributed by atoms with Crippen LogP contribution in [0.25, 0.3) is 11.1 Å². The van der Waals surface area contributed by atoms with Crippen molar-refractivity contribution in [1.29, 1.82) is 0 Å². The van der Waals surface area contributed by atoms with Crippen molar-refractivity contribution < 1.29 is 4.74 Å². The zero-order chi connectivity index (χ0) is 26.0. The molecule has 0 saturated heterocycles. The van der Waals surface area contributed by atoms with E-state index in [-0.39, 0.29) is 0 Å². The van der Waals surface area contributed by atoms with Gasteiger partial charge < -0.3 is 4.74 Å². The molecule has 1 aliphatic carbocycles. The summed E-state index contributed by atoms with van der Waals surface area (Å²) >= 11 is 0. The minimum absolute atomic E-state index is 0.811. The van der Waals surface area contributed by atoms with Crippen molar-refractivity contribution in [3.8, 4) is 16.9 Å². The number of unbranched alkanes of at least 4 members (excludes halogenated alkanes) is 10. The second-order valence-corrected chi connectivity index (χ2v) is 11.5. The van der Waals surface area contributed by atoms with Gasteiger partial charge in [0.1, 0.15) is 11.6 Å². The van der Waals surface area contributed by atoms with Crippen LogP contribution in [0, 0.1) is 11.8 Å². The monoisotopic (exact) mass is 506 g/mol. The molecule has 3 rings (SSSR count). The Morgan fingerprint density at radius 2 is 1.16 bits per heavy atom. The van der Waals surface area contributed by atoms with Crippen molar-refractivity contribution in [1.82, 2.24) is 9.97 Å². The van der Waals surface area contributed by atoms with Crippen LogP contribution < -0.4 is 4.74 Å². The molecule has 0 radical (unpaired) electrons. The molecule has 1 fully saturated rings. The molecule has 206 valence electrons. The van der Waals surface area contributed by atoms with E-state index < -0.39 is 0 Å². The van der Waals surface area contributed by atoms with Crippen molar-refractivity contribution in [3.63, 3.8) is 0 Å². The van der Waals surface area contributed by atoms with Crippen LogP contribution in [0.3, 0.4) is 0 Å². The van der Waals surface area contributed by atoms with E-state index in [4.69, 9.17) is 14.7 Å². The Balaban J connectivity index is 1.29. The van der Waals surface area contributed by atoms with Crippen LogP contribution in [0.15, 0.2) is 36.7 Å². The van der Waals surface area contributed by atoms with Gasteiger partial charge in [-0.05, 0) is 42.4 Å². The minimum atomic E-state index is 0.811. The largest absolute Gasteiger partial charge is 0.494 e. The lowest BCUT2D eigenvalue weighted by atomic mass is 9.78. The van der Waals surface area contributed by atoms with E-state index in [0.717, 1.165) is 54.0 Å². The Hall–Kier alpha value is -1.90. The lowest BCUT2D eigenvalue weighted by molar-refractivity contribution is 0.248. The second-order valence-electron chi connectivity index (χ2n) is 11.5. The first-order chi connectivity index (χ1) is 18.3. The van der Waals surface area contributed by atoms with Crippen LogP contribution >= 0.6 is 0 Å². The van der Waals surface area contributed by atoms with Crippen molar-refractivity contribution >= 4 is 0 Å². The number of hydrogen-bond donors (Lipinski definition) is 0. The van der Waals surface area contributed by atoms with Crippen molar-refractivity contribution in [2.75, 3.05) is 6.61 Å².